The van der Waals surface area contributed by atoms with Gasteiger partial charge in [-0.2, -0.15) is 25.1 Å². The van der Waals surface area contributed by atoms with Crippen molar-refractivity contribution in [2.24, 2.45) is 0 Å². The van der Waals surface area contributed by atoms with Crippen LogP contribution >= 0.6 is 22.9 Å². The third-order valence-corrected chi connectivity index (χ3v) is 7.03. The molecule has 0 radical (unpaired) electrons. The number of aromatic amines is 1. The largest absolute Gasteiger partial charge is 0.373 e. The predicted octanol–water partition coefficient (Wildman–Crippen LogP) is 6.11. The van der Waals surface area contributed by atoms with E-state index in [2.05, 4.69) is 47.1 Å². The van der Waals surface area contributed by atoms with Gasteiger partial charge in [-0.05, 0) is 23.8 Å². The fourth-order valence-electron chi connectivity index (χ4n) is 4.16. The van der Waals surface area contributed by atoms with Gasteiger partial charge in [0.05, 0.1) is 61.6 Å². The molecule has 0 fully saturated rings. The molecule has 0 saturated heterocycles. The number of hydrogen-bond acceptors (Lipinski definition) is 9. The number of fused-ring (bicyclic) bond motifs is 2. The van der Waals surface area contributed by atoms with Gasteiger partial charge in [-0.3, -0.25) is 4.98 Å². The molecule has 13 heteroatoms. The molecule has 186 valence electrons. The van der Waals surface area contributed by atoms with Crippen LogP contribution in [-0.2, 0) is 0 Å². The molecule has 1 atom stereocenters. The Morgan fingerprint density at radius 2 is 1.95 bits per heavy atom. The molecule has 2 aromatic carbocycles. The minimum Gasteiger partial charge on any atom is -0.373 e. The maximum Gasteiger partial charge on any atom is 0.249 e. The summed E-state index contributed by atoms with van der Waals surface area (Å²) in [6.45, 7) is 0. The van der Waals surface area contributed by atoms with Gasteiger partial charge in [0.15, 0.2) is 5.82 Å². The second kappa shape index (κ2) is 9.62. The maximum atomic E-state index is 13.8. The van der Waals surface area contributed by atoms with E-state index >= 15 is 0 Å². The van der Waals surface area contributed by atoms with Gasteiger partial charge in [0.25, 0.3) is 0 Å². The first-order valence-corrected chi connectivity index (χ1v) is 12.3. The third kappa shape index (κ3) is 4.23. The van der Waals surface area contributed by atoms with Gasteiger partial charge in [-0.1, -0.05) is 23.7 Å². The zero-order valence-electron chi connectivity index (χ0n) is 19.1. The number of thiazole rings is 1. The Morgan fingerprint density at radius 3 is 2.74 bits per heavy atom. The van der Waals surface area contributed by atoms with Gasteiger partial charge in [0, 0.05) is 23.3 Å². The molecule has 4 heterocycles. The van der Waals surface area contributed by atoms with Crippen molar-refractivity contribution >= 4 is 61.1 Å². The van der Waals surface area contributed by atoms with Crippen LogP contribution < -0.4 is 10.6 Å². The molecule has 0 unspecified atom stereocenters. The van der Waals surface area contributed by atoms with E-state index < -0.39 is 17.8 Å². The molecule has 6 aromatic rings. The van der Waals surface area contributed by atoms with Crippen molar-refractivity contribution in [3.8, 4) is 6.07 Å². The number of halogens is 3. The van der Waals surface area contributed by atoms with E-state index in [0.29, 0.717) is 33.0 Å². The minimum absolute atomic E-state index is 0.153. The topological polar surface area (TPSA) is 128 Å². The SMILES string of the molecule is N#Cc1cnc2c(Cl)cc(N[C@H](c3cn[nH]n3)c3cccc4ncsc34)cc2c1Nc1cnc(F)c(F)c1. The Labute approximate surface area is 222 Å². The van der Waals surface area contributed by atoms with Crippen LogP contribution in [0, 0.1) is 23.1 Å². The van der Waals surface area contributed by atoms with Crippen molar-refractivity contribution in [3.05, 3.63) is 94.1 Å². The number of nitriles is 1. The fraction of sp³-hybridized carbons (Fsp3) is 0.0400. The summed E-state index contributed by atoms with van der Waals surface area (Å²) >= 11 is 8.15. The zero-order chi connectivity index (χ0) is 26.2. The van der Waals surface area contributed by atoms with Crippen LogP contribution in [0.3, 0.4) is 0 Å². The number of anilines is 3. The lowest BCUT2D eigenvalue weighted by Crippen LogP contribution is -2.13. The summed E-state index contributed by atoms with van der Waals surface area (Å²) in [5.74, 6) is -2.35. The molecule has 38 heavy (non-hydrogen) atoms. The molecule has 9 nitrogen and oxygen atoms in total. The summed E-state index contributed by atoms with van der Waals surface area (Å²) in [4.78, 5) is 12.2. The first kappa shape index (κ1) is 23.7. The first-order valence-electron chi connectivity index (χ1n) is 11.1. The van der Waals surface area contributed by atoms with Crippen LogP contribution in [0.5, 0.6) is 0 Å². The van der Waals surface area contributed by atoms with Gasteiger partial charge in [0.2, 0.25) is 5.95 Å². The van der Waals surface area contributed by atoms with Crippen molar-refractivity contribution in [1.82, 2.24) is 30.4 Å². The van der Waals surface area contributed by atoms with Crippen molar-refractivity contribution < 1.29 is 8.78 Å². The molecule has 6 rings (SSSR count). The highest BCUT2D eigenvalue weighted by molar-refractivity contribution is 7.17. The van der Waals surface area contributed by atoms with Gasteiger partial charge < -0.3 is 10.6 Å². The van der Waals surface area contributed by atoms with Crippen molar-refractivity contribution in [1.29, 1.82) is 5.26 Å². The molecule has 0 aliphatic rings. The number of benzene rings is 2. The number of rotatable bonds is 6. The molecular formula is C25H14ClF2N9S. The van der Waals surface area contributed by atoms with Crippen molar-refractivity contribution in [3.63, 3.8) is 0 Å². The van der Waals surface area contributed by atoms with Gasteiger partial charge >= 0.3 is 0 Å². The Morgan fingerprint density at radius 1 is 1.05 bits per heavy atom. The second-order valence-corrected chi connectivity index (χ2v) is 9.42. The van der Waals surface area contributed by atoms with E-state index in [-0.39, 0.29) is 11.3 Å². The highest BCUT2D eigenvalue weighted by Gasteiger charge is 2.22. The summed E-state index contributed by atoms with van der Waals surface area (Å²) in [7, 11) is 0. The Balaban J connectivity index is 1.48. The molecule has 0 aliphatic heterocycles. The standard InChI is InChI=1S/C25H14ClF2N9S/c26-17-5-13(34-23(20-10-33-37-36-20)15-2-1-3-19-24(15)38-11-32-19)4-16-21(12(7-29)8-30-22(16)17)35-14-6-18(27)25(28)31-9-14/h1-6,8-11,23,34H,(H,30,35)(H,33,36,37)/t23-/m0/s1. The smallest absolute Gasteiger partial charge is 0.249 e. The normalized spacial score (nSPS) is 11.9. The fourth-order valence-corrected chi connectivity index (χ4v) is 5.26. The number of nitrogens with one attached hydrogen (secondary N) is 3. The van der Waals surface area contributed by atoms with Gasteiger partial charge in [0.1, 0.15) is 11.8 Å². The number of nitrogens with zero attached hydrogens (tertiary/aromatic N) is 6. The van der Waals surface area contributed by atoms with Crippen molar-refractivity contribution in [2.45, 2.75) is 6.04 Å². The highest BCUT2D eigenvalue weighted by atomic mass is 35.5. The average Bonchev–Trinajstić information content (AvgIpc) is 3.62. The maximum absolute atomic E-state index is 13.8. The average molecular weight is 546 g/mol. The van der Waals surface area contributed by atoms with Crippen LogP contribution in [-0.4, -0.2) is 30.4 Å². The molecule has 0 saturated carbocycles. The predicted molar refractivity (Wildman–Crippen MR) is 140 cm³/mol. The van der Waals surface area contributed by atoms with E-state index in [9.17, 15) is 14.0 Å². The third-order valence-electron chi connectivity index (χ3n) is 5.85. The number of H-pyrrole nitrogens is 1. The van der Waals surface area contributed by atoms with E-state index in [1.54, 1.807) is 23.8 Å². The summed E-state index contributed by atoms with van der Waals surface area (Å²) in [6, 6.07) is 11.9. The lowest BCUT2D eigenvalue weighted by atomic mass is 10.0. The Bertz CT molecular complexity index is 1850. The number of hydrogen-bond donors (Lipinski definition) is 3. The summed E-state index contributed by atoms with van der Waals surface area (Å²) in [6.07, 6.45) is 4.12. The second-order valence-electron chi connectivity index (χ2n) is 8.15. The molecule has 0 aliphatic carbocycles. The molecule has 0 spiro atoms. The van der Waals surface area contributed by atoms with Crippen LogP contribution in [0.1, 0.15) is 22.9 Å². The lowest BCUT2D eigenvalue weighted by Gasteiger charge is -2.20. The van der Waals surface area contributed by atoms with E-state index in [1.165, 1.54) is 17.5 Å². The lowest BCUT2D eigenvalue weighted by molar-refractivity contribution is 0.480. The highest BCUT2D eigenvalue weighted by Crippen LogP contribution is 2.38. The monoisotopic (exact) mass is 545 g/mol. The van der Waals surface area contributed by atoms with Crippen LogP contribution in [0.2, 0.25) is 5.02 Å². The van der Waals surface area contributed by atoms with Gasteiger partial charge in [-0.15, -0.1) is 11.3 Å². The summed E-state index contributed by atoms with van der Waals surface area (Å²) in [5, 5.41) is 27.9. The van der Waals surface area contributed by atoms with E-state index in [4.69, 9.17) is 11.6 Å². The zero-order valence-corrected chi connectivity index (χ0v) is 20.6. The van der Waals surface area contributed by atoms with Crippen LogP contribution in [0.15, 0.2) is 60.5 Å². The van der Waals surface area contributed by atoms with E-state index in [1.807, 2.05) is 18.2 Å². The van der Waals surface area contributed by atoms with Crippen LogP contribution in [0.4, 0.5) is 25.8 Å². The quantitative estimate of drug-likeness (QED) is 0.214. The van der Waals surface area contributed by atoms with Crippen molar-refractivity contribution in [2.75, 3.05) is 10.6 Å². The number of pyridine rings is 2. The summed E-state index contributed by atoms with van der Waals surface area (Å²) in [5.41, 5.74) is 5.87. The van der Waals surface area contributed by atoms with Gasteiger partial charge in [-0.25, -0.2) is 14.4 Å². The van der Waals surface area contributed by atoms with E-state index in [0.717, 1.165) is 28.0 Å². The first-order chi connectivity index (χ1) is 18.5. The Kier molecular flexibility index (Phi) is 5.99. The molecular weight excluding hydrogens is 532 g/mol. The Hall–Kier alpha value is -4.73. The van der Waals surface area contributed by atoms with Crippen LogP contribution in [0.25, 0.3) is 21.1 Å². The molecule has 4 aromatic heterocycles. The number of aromatic nitrogens is 6. The molecule has 3 N–H and O–H groups in total. The summed E-state index contributed by atoms with van der Waals surface area (Å²) < 4.78 is 28.2. The minimum atomic E-state index is -1.22. The molecule has 0 bridgehead atoms. The molecule has 0 amide bonds.